The average Bonchev–Trinajstić information content (AvgIpc) is 2.54. The van der Waals surface area contributed by atoms with Crippen LogP contribution in [-0.2, 0) is 0 Å². The van der Waals surface area contributed by atoms with Crippen LogP contribution in [-0.4, -0.2) is 16.7 Å². The van der Waals surface area contributed by atoms with Crippen LogP contribution in [0.2, 0.25) is 0 Å². The van der Waals surface area contributed by atoms with Crippen LogP contribution in [0.15, 0.2) is 46.9 Å². The fraction of sp³-hybridized carbons (Fsp3) is 0. The maximum atomic E-state index is 13.1. The first-order valence-corrected chi connectivity index (χ1v) is 6.98. The molecule has 2 amide bonds. The summed E-state index contributed by atoms with van der Waals surface area (Å²) in [5.74, 6) is -2.09. The fourth-order valence-electron chi connectivity index (χ4n) is 1.69. The summed E-state index contributed by atoms with van der Waals surface area (Å²) >= 11 is 3.09. The summed E-state index contributed by atoms with van der Waals surface area (Å²) < 4.78 is 13.5. The average molecular weight is 382 g/mol. The first-order chi connectivity index (χ1) is 10.9. The third kappa shape index (κ3) is 4.10. The first kappa shape index (κ1) is 16.6. The number of amides is 2. The Labute approximate surface area is 137 Å². The number of nitrogens with zero attached hydrogens (tertiary/aromatic N) is 1. The lowest BCUT2D eigenvalue weighted by molar-refractivity contribution is -0.384. The second-order valence-electron chi connectivity index (χ2n) is 4.34. The number of benzene rings is 2. The summed E-state index contributed by atoms with van der Waals surface area (Å²) in [5, 5.41) is 10.7. The van der Waals surface area contributed by atoms with E-state index in [0.29, 0.717) is 4.47 Å². The molecule has 0 aromatic heterocycles. The zero-order valence-corrected chi connectivity index (χ0v) is 13.0. The Hall–Kier alpha value is -2.81. The van der Waals surface area contributed by atoms with E-state index in [1.807, 2.05) is 0 Å². The van der Waals surface area contributed by atoms with Gasteiger partial charge in [0.2, 0.25) is 0 Å². The van der Waals surface area contributed by atoms with E-state index in [4.69, 9.17) is 0 Å². The van der Waals surface area contributed by atoms with Gasteiger partial charge >= 0.3 is 0 Å². The van der Waals surface area contributed by atoms with Crippen molar-refractivity contribution in [2.24, 2.45) is 0 Å². The van der Waals surface area contributed by atoms with E-state index in [1.165, 1.54) is 30.3 Å². The Kier molecular flexibility index (Phi) is 5.02. The van der Waals surface area contributed by atoms with Gasteiger partial charge in [-0.15, -0.1) is 0 Å². The zero-order valence-electron chi connectivity index (χ0n) is 11.4. The molecule has 0 unspecified atom stereocenters. The van der Waals surface area contributed by atoms with Gasteiger partial charge in [-0.2, -0.15) is 0 Å². The highest BCUT2D eigenvalue weighted by molar-refractivity contribution is 9.10. The molecular weight excluding hydrogens is 373 g/mol. The minimum Gasteiger partial charge on any atom is -0.267 e. The van der Waals surface area contributed by atoms with Gasteiger partial charge in [0.25, 0.3) is 17.5 Å². The predicted molar refractivity (Wildman–Crippen MR) is 82.1 cm³/mol. The number of nitrogens with one attached hydrogen (secondary N) is 2. The molecule has 0 heterocycles. The van der Waals surface area contributed by atoms with E-state index in [1.54, 1.807) is 0 Å². The molecule has 0 atom stereocenters. The quantitative estimate of drug-likeness (QED) is 0.629. The number of hydrogen-bond donors (Lipinski definition) is 2. The maximum Gasteiger partial charge on any atom is 0.270 e. The Balaban J connectivity index is 2.07. The van der Waals surface area contributed by atoms with E-state index in [2.05, 4.69) is 26.8 Å². The molecule has 2 aromatic rings. The minimum atomic E-state index is -0.741. The molecule has 0 aliphatic carbocycles. The summed E-state index contributed by atoms with van der Waals surface area (Å²) in [5.41, 5.74) is 3.95. The van der Waals surface area contributed by atoms with E-state index in [0.717, 1.165) is 12.1 Å². The molecule has 2 rings (SSSR count). The Morgan fingerprint density at radius 1 is 1.09 bits per heavy atom. The lowest BCUT2D eigenvalue weighted by Crippen LogP contribution is -2.41. The lowest BCUT2D eigenvalue weighted by atomic mass is 10.2. The number of rotatable bonds is 3. The van der Waals surface area contributed by atoms with Gasteiger partial charge in [-0.3, -0.25) is 30.6 Å². The number of non-ortho nitro benzene ring substituents is 1. The summed E-state index contributed by atoms with van der Waals surface area (Å²) in [7, 11) is 0. The number of hydrogen-bond acceptors (Lipinski definition) is 4. The molecular formula is C14H9BrFN3O4. The van der Waals surface area contributed by atoms with Crippen LogP contribution < -0.4 is 10.9 Å². The molecule has 9 heteroatoms. The van der Waals surface area contributed by atoms with Crippen molar-refractivity contribution in [3.63, 3.8) is 0 Å². The number of hydrazine groups is 1. The van der Waals surface area contributed by atoms with Crippen molar-refractivity contribution in [2.45, 2.75) is 0 Å². The third-order valence-electron chi connectivity index (χ3n) is 2.78. The predicted octanol–water partition coefficient (Wildman–Crippen LogP) is 2.57. The van der Waals surface area contributed by atoms with Gasteiger partial charge in [0, 0.05) is 22.2 Å². The molecule has 2 N–H and O–H groups in total. The highest BCUT2D eigenvalue weighted by Gasteiger charge is 2.14. The molecule has 23 heavy (non-hydrogen) atoms. The fourth-order valence-corrected chi connectivity index (χ4v) is 2.11. The monoisotopic (exact) mass is 381 g/mol. The molecule has 2 aromatic carbocycles. The van der Waals surface area contributed by atoms with Crippen LogP contribution in [0.3, 0.4) is 0 Å². The van der Waals surface area contributed by atoms with E-state index < -0.39 is 22.6 Å². The van der Waals surface area contributed by atoms with Crippen LogP contribution in [0.4, 0.5) is 10.1 Å². The van der Waals surface area contributed by atoms with Gasteiger partial charge in [-0.1, -0.05) is 6.07 Å². The van der Waals surface area contributed by atoms with Gasteiger partial charge < -0.3 is 0 Å². The van der Waals surface area contributed by atoms with E-state index >= 15 is 0 Å². The van der Waals surface area contributed by atoms with Crippen molar-refractivity contribution in [3.8, 4) is 0 Å². The second-order valence-corrected chi connectivity index (χ2v) is 5.19. The van der Waals surface area contributed by atoms with Crippen LogP contribution >= 0.6 is 15.9 Å². The SMILES string of the molecule is O=C(NNC(=O)c1cc(F)ccc1Br)c1cccc([N+](=O)[O-])c1. The number of carbonyl (C=O) groups is 2. The maximum absolute atomic E-state index is 13.1. The molecule has 0 bridgehead atoms. The van der Waals surface area contributed by atoms with Crippen molar-refractivity contribution < 1.29 is 18.9 Å². The standard InChI is InChI=1S/C14H9BrFN3O4/c15-12-5-4-9(16)7-11(12)14(21)18-17-13(20)8-2-1-3-10(6-8)19(22)23/h1-7H,(H,17,20)(H,18,21). The van der Waals surface area contributed by atoms with Crippen LogP contribution in [0, 0.1) is 15.9 Å². The summed E-state index contributed by atoms with van der Waals surface area (Å²) in [4.78, 5) is 33.8. The number of carbonyl (C=O) groups excluding carboxylic acids is 2. The van der Waals surface area contributed by atoms with Gasteiger partial charge in [0.1, 0.15) is 5.82 Å². The van der Waals surface area contributed by atoms with Gasteiger partial charge in [0.05, 0.1) is 10.5 Å². The molecule has 7 nitrogen and oxygen atoms in total. The summed E-state index contributed by atoms with van der Waals surface area (Å²) in [6, 6.07) is 8.53. The molecule has 0 saturated carbocycles. The Morgan fingerprint density at radius 3 is 2.48 bits per heavy atom. The van der Waals surface area contributed by atoms with Crippen molar-refractivity contribution in [2.75, 3.05) is 0 Å². The van der Waals surface area contributed by atoms with Gasteiger partial charge in [-0.25, -0.2) is 4.39 Å². The van der Waals surface area contributed by atoms with E-state index in [-0.39, 0.29) is 16.8 Å². The van der Waals surface area contributed by atoms with Crippen LogP contribution in [0.5, 0.6) is 0 Å². The molecule has 0 radical (unpaired) electrons. The van der Waals surface area contributed by atoms with Crippen LogP contribution in [0.1, 0.15) is 20.7 Å². The zero-order chi connectivity index (χ0) is 17.0. The lowest BCUT2D eigenvalue weighted by Gasteiger charge is -2.08. The Morgan fingerprint density at radius 2 is 1.78 bits per heavy atom. The molecule has 0 aliphatic heterocycles. The molecule has 0 fully saturated rings. The smallest absolute Gasteiger partial charge is 0.267 e. The normalized spacial score (nSPS) is 10.0. The Bertz CT molecular complexity index is 797. The van der Waals surface area contributed by atoms with Crippen molar-refractivity contribution >= 4 is 33.4 Å². The van der Waals surface area contributed by atoms with E-state index in [9.17, 15) is 24.1 Å². The summed E-state index contributed by atoms with van der Waals surface area (Å²) in [6.45, 7) is 0. The third-order valence-corrected chi connectivity index (χ3v) is 3.47. The molecule has 0 saturated heterocycles. The van der Waals surface area contributed by atoms with Crippen molar-refractivity contribution in [1.82, 2.24) is 10.9 Å². The second kappa shape index (κ2) is 6.97. The van der Waals surface area contributed by atoms with Crippen LogP contribution in [0.25, 0.3) is 0 Å². The van der Waals surface area contributed by atoms with Crippen molar-refractivity contribution in [1.29, 1.82) is 0 Å². The number of nitro groups is 1. The first-order valence-electron chi connectivity index (χ1n) is 6.18. The number of halogens is 2. The van der Waals surface area contributed by atoms with Crippen molar-refractivity contribution in [3.05, 3.63) is 74.0 Å². The molecule has 0 spiro atoms. The minimum absolute atomic E-state index is 0.00203. The summed E-state index contributed by atoms with van der Waals surface area (Å²) in [6.07, 6.45) is 0. The largest absolute Gasteiger partial charge is 0.270 e. The number of nitro benzene ring substituents is 1. The molecule has 0 aliphatic rings. The highest BCUT2D eigenvalue weighted by Crippen LogP contribution is 2.17. The van der Waals surface area contributed by atoms with Gasteiger partial charge in [-0.05, 0) is 40.2 Å². The topological polar surface area (TPSA) is 101 Å². The van der Waals surface area contributed by atoms with Gasteiger partial charge in [0.15, 0.2) is 0 Å². The highest BCUT2D eigenvalue weighted by atomic mass is 79.9. The molecule has 118 valence electrons.